The zero-order chi connectivity index (χ0) is 19.8. The van der Waals surface area contributed by atoms with Crippen molar-refractivity contribution in [2.45, 2.75) is 26.2 Å². The maximum atomic E-state index is 12.5. The molecule has 0 aliphatic carbocycles. The lowest BCUT2D eigenvalue weighted by Gasteiger charge is -2.35. The third-order valence-corrected chi connectivity index (χ3v) is 4.82. The van der Waals surface area contributed by atoms with Crippen LogP contribution in [0.4, 0.5) is 5.82 Å². The molecule has 1 saturated heterocycles. The number of carbonyl (C=O) groups is 2. The number of anilines is 1. The van der Waals surface area contributed by atoms with E-state index < -0.39 is 0 Å². The number of benzene rings is 1. The molecule has 1 aromatic carbocycles. The molecule has 1 amide bonds. The Hall–Kier alpha value is -2.89. The maximum absolute atomic E-state index is 12.5. The normalized spacial score (nSPS) is 14.0. The summed E-state index contributed by atoms with van der Waals surface area (Å²) in [4.78, 5) is 33.2. The van der Waals surface area contributed by atoms with Gasteiger partial charge in [0.25, 0.3) is 0 Å². The predicted molar refractivity (Wildman–Crippen MR) is 109 cm³/mol. The Kier molecular flexibility index (Phi) is 7.00. The Morgan fingerprint density at radius 3 is 2.39 bits per heavy atom. The molecular weight excluding hydrogens is 354 g/mol. The second kappa shape index (κ2) is 9.88. The number of piperazine rings is 1. The van der Waals surface area contributed by atoms with Gasteiger partial charge in [-0.2, -0.15) is 0 Å². The Labute approximate surface area is 166 Å². The van der Waals surface area contributed by atoms with Gasteiger partial charge in [-0.15, -0.1) is 0 Å². The molecule has 3 rings (SSSR count). The molecule has 0 radical (unpaired) electrons. The van der Waals surface area contributed by atoms with Gasteiger partial charge in [0, 0.05) is 50.8 Å². The largest absolute Gasteiger partial charge is 0.494 e. The number of ketones is 1. The topological polar surface area (TPSA) is 62.7 Å². The number of amides is 1. The average Bonchev–Trinajstić information content (AvgIpc) is 2.77. The highest BCUT2D eigenvalue weighted by Gasteiger charge is 2.22. The van der Waals surface area contributed by atoms with Crippen LogP contribution in [0.3, 0.4) is 0 Å². The van der Waals surface area contributed by atoms with Crippen LogP contribution in [0.5, 0.6) is 5.75 Å². The summed E-state index contributed by atoms with van der Waals surface area (Å²) in [6.07, 6.45) is 3.20. The molecule has 28 heavy (non-hydrogen) atoms. The van der Waals surface area contributed by atoms with E-state index >= 15 is 0 Å². The number of carbonyl (C=O) groups excluding carboxylic acids is 2. The molecule has 6 nitrogen and oxygen atoms in total. The number of aromatic nitrogens is 1. The summed E-state index contributed by atoms with van der Waals surface area (Å²) in [6.45, 7) is 5.55. The lowest BCUT2D eigenvalue weighted by molar-refractivity contribution is -0.131. The molecular formula is C22H27N3O3. The Balaban J connectivity index is 1.43. The van der Waals surface area contributed by atoms with Crippen LogP contribution >= 0.6 is 0 Å². The third kappa shape index (κ3) is 5.31. The van der Waals surface area contributed by atoms with Crippen molar-refractivity contribution in [2.24, 2.45) is 0 Å². The highest BCUT2D eigenvalue weighted by molar-refractivity contribution is 5.98. The lowest BCUT2D eigenvalue weighted by atomic mass is 10.1. The number of Topliss-reactive ketones (excluding diaryl/α,β-unsaturated/α-hetero) is 1. The number of hydrogen-bond donors (Lipinski definition) is 0. The molecule has 0 unspecified atom stereocenters. The van der Waals surface area contributed by atoms with Gasteiger partial charge in [0.1, 0.15) is 11.6 Å². The van der Waals surface area contributed by atoms with Gasteiger partial charge in [0.2, 0.25) is 5.91 Å². The van der Waals surface area contributed by atoms with E-state index in [2.05, 4.69) is 9.88 Å². The molecule has 0 atom stereocenters. The third-order valence-electron chi connectivity index (χ3n) is 4.82. The minimum absolute atomic E-state index is 0.0116. The molecule has 148 valence electrons. The number of pyridine rings is 1. The van der Waals surface area contributed by atoms with Crippen molar-refractivity contribution in [3.05, 3.63) is 54.2 Å². The highest BCUT2D eigenvalue weighted by Crippen LogP contribution is 2.16. The van der Waals surface area contributed by atoms with Gasteiger partial charge in [-0.1, -0.05) is 13.0 Å². The van der Waals surface area contributed by atoms with Crippen LogP contribution < -0.4 is 9.64 Å². The van der Waals surface area contributed by atoms with Crippen molar-refractivity contribution in [1.82, 2.24) is 9.88 Å². The first-order valence-electron chi connectivity index (χ1n) is 9.87. The fourth-order valence-electron chi connectivity index (χ4n) is 3.21. The van der Waals surface area contributed by atoms with Crippen molar-refractivity contribution in [3.63, 3.8) is 0 Å². The first-order chi connectivity index (χ1) is 13.7. The van der Waals surface area contributed by atoms with Gasteiger partial charge in [0.05, 0.1) is 6.61 Å². The maximum Gasteiger partial charge on any atom is 0.223 e. The van der Waals surface area contributed by atoms with E-state index in [9.17, 15) is 9.59 Å². The van der Waals surface area contributed by atoms with Crippen molar-refractivity contribution >= 4 is 17.5 Å². The summed E-state index contributed by atoms with van der Waals surface area (Å²) < 4.78 is 5.53. The molecule has 1 aliphatic heterocycles. The zero-order valence-corrected chi connectivity index (χ0v) is 16.3. The smallest absolute Gasteiger partial charge is 0.223 e. The predicted octanol–water partition coefficient (Wildman–Crippen LogP) is 3.18. The summed E-state index contributed by atoms with van der Waals surface area (Å²) in [5.41, 5.74) is 0.622. The van der Waals surface area contributed by atoms with Gasteiger partial charge in [-0.05, 0) is 42.8 Å². The van der Waals surface area contributed by atoms with Gasteiger partial charge in [-0.25, -0.2) is 4.98 Å². The Morgan fingerprint density at radius 2 is 1.75 bits per heavy atom. The highest BCUT2D eigenvalue weighted by atomic mass is 16.5. The fourth-order valence-corrected chi connectivity index (χ4v) is 3.21. The quantitative estimate of drug-likeness (QED) is 0.657. The van der Waals surface area contributed by atoms with Crippen molar-refractivity contribution < 1.29 is 14.3 Å². The summed E-state index contributed by atoms with van der Waals surface area (Å²) >= 11 is 0. The van der Waals surface area contributed by atoms with Crippen LogP contribution in [0.25, 0.3) is 0 Å². The molecule has 1 fully saturated rings. The minimum atomic E-state index is -0.0116. The molecule has 2 heterocycles. The van der Waals surface area contributed by atoms with Crippen molar-refractivity contribution in [3.8, 4) is 5.75 Å². The molecule has 0 spiro atoms. The molecule has 0 saturated carbocycles. The van der Waals surface area contributed by atoms with Crippen LogP contribution in [0.2, 0.25) is 0 Å². The van der Waals surface area contributed by atoms with Crippen LogP contribution in [-0.2, 0) is 4.79 Å². The summed E-state index contributed by atoms with van der Waals surface area (Å²) in [6, 6.07) is 13.0. The van der Waals surface area contributed by atoms with E-state index in [0.717, 1.165) is 31.1 Å². The molecule has 1 aromatic heterocycles. The minimum Gasteiger partial charge on any atom is -0.494 e. The number of rotatable bonds is 8. The van der Waals surface area contributed by atoms with Gasteiger partial charge < -0.3 is 14.5 Å². The fraction of sp³-hybridized carbons (Fsp3) is 0.409. The number of ether oxygens (including phenoxy) is 1. The van der Waals surface area contributed by atoms with Crippen molar-refractivity contribution in [2.75, 3.05) is 37.7 Å². The summed E-state index contributed by atoms with van der Waals surface area (Å²) in [5.74, 6) is 1.73. The van der Waals surface area contributed by atoms with Crippen LogP contribution in [0, 0.1) is 0 Å². The summed E-state index contributed by atoms with van der Waals surface area (Å²) in [7, 11) is 0. The SMILES string of the molecule is CCCOc1ccc(C(=O)CCC(=O)N2CCN(c3ccccn3)CC2)cc1. The molecule has 0 bridgehead atoms. The monoisotopic (exact) mass is 381 g/mol. The molecule has 6 heteroatoms. The number of nitrogens with zero attached hydrogens (tertiary/aromatic N) is 3. The zero-order valence-electron chi connectivity index (χ0n) is 16.3. The van der Waals surface area contributed by atoms with Gasteiger partial charge >= 0.3 is 0 Å². The van der Waals surface area contributed by atoms with Crippen molar-refractivity contribution in [1.29, 1.82) is 0 Å². The second-order valence-electron chi connectivity index (χ2n) is 6.85. The van der Waals surface area contributed by atoms with E-state index in [1.807, 2.05) is 42.2 Å². The van der Waals surface area contributed by atoms with Crippen LogP contribution in [-0.4, -0.2) is 54.4 Å². The Bertz CT molecular complexity index is 769. The Morgan fingerprint density at radius 1 is 1.00 bits per heavy atom. The first-order valence-corrected chi connectivity index (χ1v) is 9.87. The van der Waals surface area contributed by atoms with E-state index in [1.165, 1.54) is 0 Å². The summed E-state index contributed by atoms with van der Waals surface area (Å²) in [5, 5.41) is 0. The molecule has 2 aromatic rings. The standard InChI is InChI=1S/C22H27N3O3/c1-2-17-28-19-8-6-18(7-9-19)20(26)10-11-22(27)25-15-13-24(14-16-25)21-5-3-4-12-23-21/h3-9,12H,2,10-11,13-17H2,1H3. The lowest BCUT2D eigenvalue weighted by Crippen LogP contribution is -2.49. The molecule has 0 N–H and O–H groups in total. The molecule has 1 aliphatic rings. The first kappa shape index (κ1) is 19.9. The van der Waals surface area contributed by atoms with Crippen LogP contribution in [0.15, 0.2) is 48.7 Å². The van der Waals surface area contributed by atoms with E-state index in [0.29, 0.717) is 25.3 Å². The van der Waals surface area contributed by atoms with E-state index in [1.54, 1.807) is 18.3 Å². The van der Waals surface area contributed by atoms with Gasteiger partial charge in [-0.3, -0.25) is 9.59 Å². The van der Waals surface area contributed by atoms with E-state index in [-0.39, 0.29) is 24.5 Å². The second-order valence-corrected chi connectivity index (χ2v) is 6.85. The van der Waals surface area contributed by atoms with Crippen LogP contribution in [0.1, 0.15) is 36.5 Å². The van der Waals surface area contributed by atoms with E-state index in [4.69, 9.17) is 4.74 Å². The average molecular weight is 381 g/mol. The van der Waals surface area contributed by atoms with Gasteiger partial charge in [0.15, 0.2) is 5.78 Å². The number of hydrogen-bond acceptors (Lipinski definition) is 5.